The number of aryl methyl sites for hydroxylation is 1. The van der Waals surface area contributed by atoms with Gasteiger partial charge in [0.15, 0.2) is 6.10 Å². The maximum Gasteiger partial charge on any atom is 0.308 e. The molecule has 0 aliphatic heterocycles. The highest BCUT2D eigenvalue weighted by Crippen LogP contribution is 2.21. The SMILES string of the molecule is Cc1cc(OC(C)C(=O)NCC(C)C(=O)O)ccc1Cl. The molecule has 0 fully saturated rings. The lowest BCUT2D eigenvalue weighted by atomic mass is 10.2. The van der Waals surface area contributed by atoms with E-state index in [1.54, 1.807) is 25.1 Å². The third-order valence-electron chi connectivity index (χ3n) is 2.82. The molecule has 5 nitrogen and oxygen atoms in total. The molecule has 2 unspecified atom stereocenters. The van der Waals surface area contributed by atoms with Crippen LogP contribution in [0.4, 0.5) is 0 Å². The molecule has 0 radical (unpaired) electrons. The third kappa shape index (κ3) is 4.74. The minimum Gasteiger partial charge on any atom is -0.481 e. The fraction of sp³-hybridized carbons (Fsp3) is 0.429. The van der Waals surface area contributed by atoms with Crippen LogP contribution in [0.15, 0.2) is 18.2 Å². The molecule has 0 bridgehead atoms. The van der Waals surface area contributed by atoms with Crippen molar-refractivity contribution in [2.45, 2.75) is 26.9 Å². The Bertz CT molecular complexity index is 504. The summed E-state index contributed by atoms with van der Waals surface area (Å²) in [6.45, 7) is 5.04. The number of rotatable bonds is 6. The van der Waals surface area contributed by atoms with Gasteiger partial charge in [-0.1, -0.05) is 18.5 Å². The number of benzene rings is 1. The molecule has 1 aromatic rings. The first kappa shape index (κ1) is 16.3. The third-order valence-corrected chi connectivity index (χ3v) is 3.24. The zero-order valence-corrected chi connectivity index (χ0v) is 12.4. The number of carboxylic acid groups (broad SMARTS) is 1. The second-order valence-corrected chi connectivity index (χ2v) is 5.06. The van der Waals surface area contributed by atoms with Gasteiger partial charge in [0.25, 0.3) is 5.91 Å². The standard InChI is InChI=1S/C14H18ClNO4/c1-8-6-11(4-5-12(8)15)20-10(3)13(17)16-7-9(2)14(18)19/h4-6,9-10H,7H2,1-3H3,(H,16,17)(H,18,19). The smallest absolute Gasteiger partial charge is 0.308 e. The van der Waals surface area contributed by atoms with Crippen LogP contribution in [0.1, 0.15) is 19.4 Å². The Hall–Kier alpha value is -1.75. The molecule has 0 saturated heterocycles. The maximum absolute atomic E-state index is 11.8. The summed E-state index contributed by atoms with van der Waals surface area (Å²) in [6, 6.07) is 5.12. The van der Waals surface area contributed by atoms with E-state index < -0.39 is 18.0 Å². The average molecular weight is 300 g/mol. The van der Waals surface area contributed by atoms with Crippen LogP contribution in [0.2, 0.25) is 5.02 Å². The summed E-state index contributed by atoms with van der Waals surface area (Å²) in [6.07, 6.45) is -0.712. The lowest BCUT2D eigenvalue weighted by molar-refractivity contribution is -0.141. The van der Waals surface area contributed by atoms with Crippen molar-refractivity contribution in [3.8, 4) is 5.75 Å². The van der Waals surface area contributed by atoms with Crippen molar-refractivity contribution in [3.05, 3.63) is 28.8 Å². The van der Waals surface area contributed by atoms with E-state index in [0.29, 0.717) is 10.8 Å². The van der Waals surface area contributed by atoms with Crippen LogP contribution in [0, 0.1) is 12.8 Å². The predicted molar refractivity (Wildman–Crippen MR) is 76.1 cm³/mol. The quantitative estimate of drug-likeness (QED) is 0.845. The first-order valence-electron chi connectivity index (χ1n) is 6.24. The number of nitrogens with one attached hydrogen (secondary N) is 1. The minimum absolute atomic E-state index is 0.0709. The first-order valence-corrected chi connectivity index (χ1v) is 6.62. The lowest BCUT2D eigenvalue weighted by Gasteiger charge is -2.16. The van der Waals surface area contributed by atoms with Crippen LogP contribution in [0.3, 0.4) is 0 Å². The summed E-state index contributed by atoms with van der Waals surface area (Å²) in [4.78, 5) is 22.4. The van der Waals surface area contributed by atoms with Gasteiger partial charge in [-0.25, -0.2) is 0 Å². The zero-order chi connectivity index (χ0) is 15.3. The molecule has 1 amide bonds. The number of carbonyl (C=O) groups excluding carboxylic acids is 1. The summed E-state index contributed by atoms with van der Waals surface area (Å²) in [5, 5.41) is 11.9. The van der Waals surface area contributed by atoms with Crippen molar-refractivity contribution in [2.24, 2.45) is 5.92 Å². The molecule has 0 spiro atoms. The van der Waals surface area contributed by atoms with Crippen LogP contribution in [0.5, 0.6) is 5.75 Å². The van der Waals surface area contributed by atoms with Crippen molar-refractivity contribution in [1.29, 1.82) is 0 Å². The van der Waals surface area contributed by atoms with Crippen LogP contribution in [-0.2, 0) is 9.59 Å². The van der Waals surface area contributed by atoms with E-state index in [-0.39, 0.29) is 12.5 Å². The van der Waals surface area contributed by atoms with Gasteiger partial charge in [0.2, 0.25) is 0 Å². The fourth-order valence-corrected chi connectivity index (χ4v) is 1.55. The predicted octanol–water partition coefficient (Wildman–Crippen LogP) is 2.25. The van der Waals surface area contributed by atoms with Gasteiger partial charge in [0.1, 0.15) is 5.75 Å². The summed E-state index contributed by atoms with van der Waals surface area (Å²) >= 11 is 5.90. The number of halogens is 1. The van der Waals surface area contributed by atoms with Gasteiger partial charge in [0, 0.05) is 11.6 Å². The monoisotopic (exact) mass is 299 g/mol. The van der Waals surface area contributed by atoms with Gasteiger partial charge in [-0.3, -0.25) is 9.59 Å². The first-order chi connectivity index (χ1) is 9.31. The van der Waals surface area contributed by atoms with Gasteiger partial charge in [-0.05, 0) is 37.6 Å². The molecule has 110 valence electrons. The van der Waals surface area contributed by atoms with Crippen molar-refractivity contribution in [2.75, 3.05) is 6.54 Å². The van der Waals surface area contributed by atoms with E-state index >= 15 is 0 Å². The van der Waals surface area contributed by atoms with Gasteiger partial charge in [0.05, 0.1) is 5.92 Å². The summed E-state index contributed by atoms with van der Waals surface area (Å²) in [7, 11) is 0. The average Bonchev–Trinajstić information content (AvgIpc) is 2.39. The molecule has 6 heteroatoms. The molecule has 1 rings (SSSR count). The highest BCUT2D eigenvalue weighted by molar-refractivity contribution is 6.31. The number of hydrogen-bond donors (Lipinski definition) is 2. The molecule has 20 heavy (non-hydrogen) atoms. The number of carbonyl (C=O) groups is 2. The highest BCUT2D eigenvalue weighted by atomic mass is 35.5. The zero-order valence-electron chi connectivity index (χ0n) is 11.6. The molecular weight excluding hydrogens is 282 g/mol. The van der Waals surface area contributed by atoms with E-state index in [0.717, 1.165) is 5.56 Å². The minimum atomic E-state index is -0.952. The number of carboxylic acids is 1. The van der Waals surface area contributed by atoms with Crippen LogP contribution < -0.4 is 10.1 Å². The van der Waals surface area contributed by atoms with Crippen LogP contribution in [-0.4, -0.2) is 29.6 Å². The molecule has 1 aromatic carbocycles. The summed E-state index contributed by atoms with van der Waals surface area (Å²) < 4.78 is 5.49. The van der Waals surface area contributed by atoms with Crippen molar-refractivity contribution in [1.82, 2.24) is 5.32 Å². The van der Waals surface area contributed by atoms with E-state index in [1.807, 2.05) is 6.92 Å². The summed E-state index contributed by atoms with van der Waals surface area (Å²) in [5.41, 5.74) is 0.858. The van der Waals surface area contributed by atoms with E-state index in [9.17, 15) is 9.59 Å². The number of hydrogen-bond acceptors (Lipinski definition) is 3. The molecule has 0 aliphatic rings. The normalized spacial score (nSPS) is 13.4. The van der Waals surface area contributed by atoms with Crippen molar-refractivity contribution >= 4 is 23.5 Å². The maximum atomic E-state index is 11.8. The Labute approximate surface area is 122 Å². The Morgan fingerprint density at radius 3 is 2.60 bits per heavy atom. The van der Waals surface area contributed by atoms with Gasteiger partial charge >= 0.3 is 5.97 Å². The highest BCUT2D eigenvalue weighted by Gasteiger charge is 2.17. The molecule has 0 heterocycles. The number of ether oxygens (including phenoxy) is 1. The van der Waals surface area contributed by atoms with Gasteiger partial charge in [-0.15, -0.1) is 0 Å². The topological polar surface area (TPSA) is 75.6 Å². The second-order valence-electron chi connectivity index (χ2n) is 4.66. The Morgan fingerprint density at radius 2 is 2.05 bits per heavy atom. The Kier molecular flexibility index (Phi) is 5.82. The van der Waals surface area contributed by atoms with Crippen LogP contribution in [0.25, 0.3) is 0 Å². The molecule has 2 atom stereocenters. The van der Waals surface area contributed by atoms with Crippen molar-refractivity contribution in [3.63, 3.8) is 0 Å². The number of aliphatic carboxylic acids is 1. The Balaban J connectivity index is 2.53. The second kappa shape index (κ2) is 7.14. The van der Waals surface area contributed by atoms with Crippen molar-refractivity contribution < 1.29 is 19.4 Å². The molecule has 2 N–H and O–H groups in total. The summed E-state index contributed by atoms with van der Waals surface area (Å²) in [5.74, 6) is -1.40. The van der Waals surface area contributed by atoms with E-state index in [4.69, 9.17) is 21.4 Å². The van der Waals surface area contributed by atoms with Gasteiger partial charge < -0.3 is 15.2 Å². The molecule has 0 aliphatic carbocycles. The molecule has 0 aromatic heterocycles. The number of amides is 1. The van der Waals surface area contributed by atoms with E-state index in [2.05, 4.69) is 5.32 Å². The molecule has 0 saturated carbocycles. The Morgan fingerprint density at radius 1 is 1.40 bits per heavy atom. The van der Waals surface area contributed by atoms with Gasteiger partial charge in [-0.2, -0.15) is 0 Å². The van der Waals surface area contributed by atoms with Crippen LogP contribution >= 0.6 is 11.6 Å². The lowest BCUT2D eigenvalue weighted by Crippen LogP contribution is -2.39. The molecular formula is C14H18ClNO4. The largest absolute Gasteiger partial charge is 0.481 e. The van der Waals surface area contributed by atoms with E-state index in [1.165, 1.54) is 6.92 Å². The fourth-order valence-electron chi connectivity index (χ4n) is 1.43.